The molecule has 4 nitrogen and oxygen atoms in total. The van der Waals surface area contributed by atoms with Gasteiger partial charge in [0.1, 0.15) is 0 Å². The van der Waals surface area contributed by atoms with Gasteiger partial charge in [-0.1, -0.05) is 12.1 Å². The van der Waals surface area contributed by atoms with Crippen molar-refractivity contribution in [2.24, 2.45) is 0 Å². The summed E-state index contributed by atoms with van der Waals surface area (Å²) in [6.07, 6.45) is 0.411. The number of rotatable bonds is 4. The molecule has 0 spiro atoms. The minimum atomic E-state index is -3.25. The van der Waals surface area contributed by atoms with E-state index in [1.165, 1.54) is 11.4 Å². The van der Waals surface area contributed by atoms with Crippen LogP contribution in [0.25, 0.3) is 0 Å². The van der Waals surface area contributed by atoms with Gasteiger partial charge in [-0.2, -0.15) is 0 Å². The van der Waals surface area contributed by atoms with E-state index in [1.54, 1.807) is 24.3 Å². The lowest BCUT2D eigenvalue weighted by Gasteiger charge is -2.17. The third-order valence-electron chi connectivity index (χ3n) is 2.29. The molecule has 6 heteroatoms. The van der Waals surface area contributed by atoms with Crippen LogP contribution >= 0.6 is 11.6 Å². The molecule has 0 fully saturated rings. The van der Waals surface area contributed by atoms with Crippen LogP contribution in [0.15, 0.2) is 24.3 Å². The number of aliphatic hydroxyl groups excluding tert-OH is 1. The Morgan fingerprint density at radius 2 is 1.88 bits per heavy atom. The molecule has 1 aromatic rings. The maximum absolute atomic E-state index is 11.3. The molecule has 90 valence electrons. The van der Waals surface area contributed by atoms with Crippen molar-refractivity contribution in [1.29, 1.82) is 0 Å². The first-order chi connectivity index (χ1) is 7.36. The van der Waals surface area contributed by atoms with Crippen molar-refractivity contribution in [1.82, 2.24) is 0 Å². The molecular weight excluding hydrogens is 250 g/mol. The molecule has 1 aromatic carbocycles. The van der Waals surface area contributed by atoms with Crippen LogP contribution in [-0.4, -0.2) is 32.7 Å². The summed E-state index contributed by atoms with van der Waals surface area (Å²) in [4.78, 5) is 0. The molecule has 0 amide bonds. The first-order valence-electron chi connectivity index (χ1n) is 4.64. The van der Waals surface area contributed by atoms with Gasteiger partial charge in [0.15, 0.2) is 0 Å². The second-order valence-corrected chi connectivity index (χ2v) is 5.81. The Morgan fingerprint density at radius 3 is 2.25 bits per heavy atom. The van der Waals surface area contributed by atoms with Gasteiger partial charge < -0.3 is 5.11 Å². The molecule has 0 bridgehead atoms. The highest BCUT2D eigenvalue weighted by molar-refractivity contribution is 7.92. The Morgan fingerprint density at radius 1 is 1.38 bits per heavy atom. The monoisotopic (exact) mass is 263 g/mol. The number of sulfonamides is 1. The van der Waals surface area contributed by atoms with E-state index in [-0.39, 0.29) is 5.88 Å². The summed E-state index contributed by atoms with van der Waals surface area (Å²) < 4.78 is 23.7. The maximum Gasteiger partial charge on any atom is 0.231 e. The summed E-state index contributed by atoms with van der Waals surface area (Å²) >= 11 is 5.51. The quantitative estimate of drug-likeness (QED) is 0.835. The van der Waals surface area contributed by atoms with E-state index in [1.807, 2.05) is 0 Å². The second-order valence-electron chi connectivity index (χ2n) is 3.49. The van der Waals surface area contributed by atoms with Crippen LogP contribution in [0.2, 0.25) is 0 Å². The zero-order chi connectivity index (χ0) is 12.3. The Bertz CT molecular complexity index is 444. The van der Waals surface area contributed by atoms with E-state index in [2.05, 4.69) is 0 Å². The molecular formula is C10H14ClNO3S. The Labute approximate surface area is 101 Å². The van der Waals surface area contributed by atoms with E-state index in [4.69, 9.17) is 11.6 Å². The minimum Gasteiger partial charge on any atom is -0.387 e. The predicted molar refractivity (Wildman–Crippen MR) is 65.4 cm³/mol. The number of anilines is 1. The normalized spacial score (nSPS) is 13.5. The van der Waals surface area contributed by atoms with Crippen molar-refractivity contribution in [2.75, 3.05) is 23.5 Å². The second kappa shape index (κ2) is 5.03. The topological polar surface area (TPSA) is 57.6 Å². The molecule has 0 aliphatic heterocycles. The zero-order valence-corrected chi connectivity index (χ0v) is 10.7. The minimum absolute atomic E-state index is 0.112. The average molecular weight is 264 g/mol. The van der Waals surface area contributed by atoms with Crippen molar-refractivity contribution < 1.29 is 13.5 Å². The molecule has 0 radical (unpaired) electrons. The summed E-state index contributed by atoms with van der Waals surface area (Å²) in [5, 5.41) is 9.45. The predicted octanol–water partition coefficient (Wildman–Crippen LogP) is 1.35. The van der Waals surface area contributed by atoms with Crippen LogP contribution in [0.4, 0.5) is 5.69 Å². The van der Waals surface area contributed by atoms with Crippen molar-refractivity contribution in [3.05, 3.63) is 29.8 Å². The molecule has 0 aliphatic carbocycles. The van der Waals surface area contributed by atoms with E-state index in [0.29, 0.717) is 11.3 Å². The van der Waals surface area contributed by atoms with Gasteiger partial charge in [-0.25, -0.2) is 8.42 Å². The van der Waals surface area contributed by atoms with E-state index < -0.39 is 16.1 Å². The Kier molecular flexibility index (Phi) is 4.18. The molecule has 0 saturated carbocycles. The molecule has 1 atom stereocenters. The van der Waals surface area contributed by atoms with Crippen LogP contribution < -0.4 is 4.31 Å². The van der Waals surface area contributed by atoms with Crippen LogP contribution in [-0.2, 0) is 10.0 Å². The Hall–Kier alpha value is -0.780. The zero-order valence-electron chi connectivity index (χ0n) is 9.09. The van der Waals surface area contributed by atoms with E-state index >= 15 is 0 Å². The van der Waals surface area contributed by atoms with Gasteiger partial charge in [-0.05, 0) is 17.7 Å². The summed E-state index contributed by atoms with van der Waals surface area (Å²) in [6, 6.07) is 6.58. The van der Waals surface area contributed by atoms with Gasteiger partial charge >= 0.3 is 0 Å². The van der Waals surface area contributed by atoms with Crippen molar-refractivity contribution in [3.8, 4) is 0 Å². The highest BCUT2D eigenvalue weighted by atomic mass is 35.5. The summed E-state index contributed by atoms with van der Waals surface area (Å²) in [6.45, 7) is 0. The van der Waals surface area contributed by atoms with Gasteiger partial charge in [-0.15, -0.1) is 11.6 Å². The van der Waals surface area contributed by atoms with Crippen LogP contribution in [0.3, 0.4) is 0 Å². The number of halogens is 1. The summed E-state index contributed by atoms with van der Waals surface area (Å²) in [7, 11) is -1.78. The van der Waals surface area contributed by atoms with E-state index in [0.717, 1.165) is 6.26 Å². The van der Waals surface area contributed by atoms with Crippen molar-refractivity contribution in [3.63, 3.8) is 0 Å². The molecule has 0 saturated heterocycles. The third-order valence-corrected chi connectivity index (χ3v) is 3.78. The average Bonchev–Trinajstić information content (AvgIpc) is 2.26. The number of nitrogens with zero attached hydrogens (tertiary/aromatic N) is 1. The molecule has 1 N–H and O–H groups in total. The smallest absolute Gasteiger partial charge is 0.231 e. The van der Waals surface area contributed by atoms with Gasteiger partial charge in [-0.3, -0.25) is 4.31 Å². The molecule has 0 aliphatic rings. The lowest BCUT2D eigenvalue weighted by atomic mass is 10.1. The lowest BCUT2D eigenvalue weighted by molar-refractivity contribution is 0.202. The summed E-state index contributed by atoms with van der Waals surface area (Å²) in [5.74, 6) is 0.112. The fraction of sp³-hybridized carbons (Fsp3) is 0.400. The van der Waals surface area contributed by atoms with Crippen LogP contribution in [0.5, 0.6) is 0 Å². The van der Waals surface area contributed by atoms with Crippen LogP contribution in [0, 0.1) is 0 Å². The van der Waals surface area contributed by atoms with Gasteiger partial charge in [0.2, 0.25) is 10.0 Å². The molecule has 0 aromatic heterocycles. The number of alkyl halides is 1. The third kappa shape index (κ3) is 3.10. The number of hydrogen-bond donors (Lipinski definition) is 1. The van der Waals surface area contributed by atoms with Gasteiger partial charge in [0, 0.05) is 7.05 Å². The highest BCUT2D eigenvalue weighted by Crippen LogP contribution is 2.20. The maximum atomic E-state index is 11.3. The van der Waals surface area contributed by atoms with Gasteiger partial charge in [0.25, 0.3) is 0 Å². The molecule has 1 rings (SSSR count). The van der Waals surface area contributed by atoms with Crippen molar-refractivity contribution in [2.45, 2.75) is 6.10 Å². The fourth-order valence-corrected chi connectivity index (χ4v) is 1.87. The van der Waals surface area contributed by atoms with Crippen LogP contribution in [0.1, 0.15) is 11.7 Å². The SMILES string of the molecule is CN(c1ccc(C(O)CCl)cc1)S(C)(=O)=O. The lowest BCUT2D eigenvalue weighted by Crippen LogP contribution is -2.24. The highest BCUT2D eigenvalue weighted by Gasteiger charge is 2.12. The Balaban J connectivity index is 2.96. The molecule has 0 heterocycles. The molecule has 1 unspecified atom stereocenters. The largest absolute Gasteiger partial charge is 0.387 e. The first-order valence-corrected chi connectivity index (χ1v) is 7.02. The number of hydrogen-bond acceptors (Lipinski definition) is 3. The number of aliphatic hydroxyl groups is 1. The molecule has 16 heavy (non-hydrogen) atoms. The number of benzene rings is 1. The van der Waals surface area contributed by atoms with Crippen molar-refractivity contribution >= 4 is 27.3 Å². The standard InChI is InChI=1S/C10H14ClNO3S/c1-12(16(2,14)15)9-5-3-8(4-6-9)10(13)7-11/h3-6,10,13H,7H2,1-2H3. The fourth-order valence-electron chi connectivity index (χ4n) is 1.19. The summed E-state index contributed by atoms with van der Waals surface area (Å²) in [5.41, 5.74) is 1.22. The van der Waals surface area contributed by atoms with E-state index in [9.17, 15) is 13.5 Å². The van der Waals surface area contributed by atoms with Gasteiger partial charge in [0.05, 0.1) is 23.9 Å². The first kappa shape index (κ1) is 13.3.